The quantitative estimate of drug-likeness (QED) is 0.821. The van der Waals surface area contributed by atoms with E-state index in [2.05, 4.69) is 9.97 Å². The molecule has 0 saturated carbocycles. The van der Waals surface area contributed by atoms with Crippen molar-refractivity contribution in [2.45, 2.75) is 0 Å². The second-order valence-electron chi connectivity index (χ2n) is 3.36. The molecule has 1 aromatic carbocycles. The molecule has 0 aliphatic rings. The first-order valence-electron chi connectivity index (χ1n) is 4.87. The van der Waals surface area contributed by atoms with Gasteiger partial charge in [0.15, 0.2) is 0 Å². The number of aliphatic carboxylic acids is 1. The summed E-state index contributed by atoms with van der Waals surface area (Å²) < 4.78 is 0. The number of halogens is 1. The number of nitrogens with one attached hydrogen (secondary N) is 1. The molecular formula is C12H9ClN2O2. The summed E-state index contributed by atoms with van der Waals surface area (Å²) in [7, 11) is 0. The van der Waals surface area contributed by atoms with Crippen LogP contribution in [0.3, 0.4) is 0 Å². The summed E-state index contributed by atoms with van der Waals surface area (Å²) in [5.74, 6) is -0.508. The molecule has 5 heteroatoms. The highest BCUT2D eigenvalue weighted by Gasteiger charge is 2.01. The Labute approximate surface area is 103 Å². The lowest BCUT2D eigenvalue weighted by atomic mass is 10.2. The van der Waals surface area contributed by atoms with E-state index >= 15 is 0 Å². The Bertz CT molecular complexity index is 558. The number of carboxylic acid groups (broad SMARTS) is 1. The fourth-order valence-electron chi connectivity index (χ4n) is 1.35. The number of benzene rings is 1. The van der Waals surface area contributed by atoms with Crippen molar-refractivity contribution in [1.82, 2.24) is 9.97 Å². The maximum Gasteiger partial charge on any atom is 0.328 e. The average Bonchev–Trinajstić information content (AvgIpc) is 2.76. The Hall–Kier alpha value is -2.07. The highest BCUT2D eigenvalue weighted by atomic mass is 35.5. The van der Waals surface area contributed by atoms with Crippen LogP contribution >= 0.6 is 11.6 Å². The van der Waals surface area contributed by atoms with E-state index in [0.29, 0.717) is 10.8 Å². The van der Waals surface area contributed by atoms with Crippen molar-refractivity contribution in [3.8, 4) is 11.3 Å². The highest BCUT2D eigenvalue weighted by molar-refractivity contribution is 6.30. The Morgan fingerprint density at radius 2 is 2.06 bits per heavy atom. The van der Waals surface area contributed by atoms with Gasteiger partial charge in [-0.1, -0.05) is 23.7 Å². The zero-order chi connectivity index (χ0) is 12.3. The van der Waals surface area contributed by atoms with Crippen LogP contribution in [0.5, 0.6) is 0 Å². The number of hydrogen-bond donors (Lipinski definition) is 2. The molecular weight excluding hydrogens is 240 g/mol. The van der Waals surface area contributed by atoms with Gasteiger partial charge in [0.25, 0.3) is 0 Å². The average molecular weight is 249 g/mol. The predicted molar refractivity (Wildman–Crippen MR) is 65.7 cm³/mol. The summed E-state index contributed by atoms with van der Waals surface area (Å²) in [5, 5.41) is 9.15. The molecule has 1 aromatic heterocycles. The Morgan fingerprint density at radius 3 is 2.71 bits per heavy atom. The van der Waals surface area contributed by atoms with Crippen LogP contribution in [0.2, 0.25) is 5.02 Å². The first-order chi connectivity index (χ1) is 8.15. The number of rotatable bonds is 3. The van der Waals surface area contributed by atoms with Crippen molar-refractivity contribution >= 4 is 23.6 Å². The van der Waals surface area contributed by atoms with Gasteiger partial charge in [0.2, 0.25) is 0 Å². The SMILES string of the molecule is O=C(O)/C=C/c1ncc(-c2ccc(Cl)cc2)[nH]1. The monoisotopic (exact) mass is 248 g/mol. The van der Waals surface area contributed by atoms with Gasteiger partial charge in [-0.05, 0) is 23.8 Å². The molecule has 1 heterocycles. The molecule has 0 aliphatic heterocycles. The van der Waals surface area contributed by atoms with E-state index in [1.165, 1.54) is 6.08 Å². The fraction of sp³-hybridized carbons (Fsp3) is 0. The number of hydrogen-bond acceptors (Lipinski definition) is 2. The standard InChI is InChI=1S/C12H9ClN2O2/c13-9-3-1-8(2-4-9)10-7-14-11(15-10)5-6-12(16)17/h1-7H,(H,14,15)(H,16,17)/b6-5+. The van der Waals surface area contributed by atoms with Gasteiger partial charge in [-0.3, -0.25) is 0 Å². The lowest BCUT2D eigenvalue weighted by Crippen LogP contribution is -1.86. The smallest absolute Gasteiger partial charge is 0.328 e. The van der Waals surface area contributed by atoms with Crippen LogP contribution in [0.4, 0.5) is 0 Å². The number of aromatic amines is 1. The van der Waals surface area contributed by atoms with Crippen LogP contribution in [0, 0.1) is 0 Å². The normalized spacial score (nSPS) is 10.9. The third-order valence-corrected chi connectivity index (χ3v) is 2.39. The topological polar surface area (TPSA) is 66.0 Å². The van der Waals surface area contributed by atoms with E-state index in [1.807, 2.05) is 12.1 Å². The van der Waals surface area contributed by atoms with Crippen molar-refractivity contribution in [3.05, 3.63) is 47.4 Å². The maximum atomic E-state index is 10.3. The van der Waals surface area contributed by atoms with Crippen molar-refractivity contribution in [2.24, 2.45) is 0 Å². The number of aromatic nitrogens is 2. The van der Waals surface area contributed by atoms with Crippen LogP contribution < -0.4 is 0 Å². The summed E-state index contributed by atoms with van der Waals surface area (Å²) in [6.07, 6.45) is 4.08. The third kappa shape index (κ3) is 2.95. The molecule has 86 valence electrons. The number of imidazole rings is 1. The van der Waals surface area contributed by atoms with E-state index in [0.717, 1.165) is 17.3 Å². The molecule has 2 aromatic rings. The molecule has 0 atom stereocenters. The second kappa shape index (κ2) is 4.84. The van der Waals surface area contributed by atoms with Gasteiger partial charge in [-0.15, -0.1) is 0 Å². The van der Waals surface area contributed by atoms with E-state index < -0.39 is 5.97 Å². The summed E-state index contributed by atoms with van der Waals surface area (Å²) >= 11 is 5.79. The lowest BCUT2D eigenvalue weighted by Gasteiger charge is -1.96. The molecule has 0 fully saturated rings. The molecule has 0 radical (unpaired) electrons. The molecule has 2 N–H and O–H groups in total. The number of carbonyl (C=O) groups is 1. The Kier molecular flexibility index (Phi) is 3.25. The summed E-state index contributed by atoms with van der Waals surface area (Å²) in [4.78, 5) is 17.4. The molecule has 0 aliphatic carbocycles. The van der Waals surface area contributed by atoms with Crippen LogP contribution in [-0.4, -0.2) is 21.0 Å². The minimum atomic E-state index is -1.01. The minimum Gasteiger partial charge on any atom is -0.478 e. The molecule has 0 spiro atoms. The third-order valence-electron chi connectivity index (χ3n) is 2.13. The number of nitrogens with zero attached hydrogens (tertiary/aromatic N) is 1. The predicted octanol–water partition coefficient (Wildman–Crippen LogP) is 2.83. The molecule has 4 nitrogen and oxygen atoms in total. The Balaban J connectivity index is 2.23. The van der Waals surface area contributed by atoms with Gasteiger partial charge in [-0.2, -0.15) is 0 Å². The first kappa shape index (κ1) is 11.4. The lowest BCUT2D eigenvalue weighted by molar-refractivity contribution is -0.131. The zero-order valence-corrected chi connectivity index (χ0v) is 9.48. The van der Waals surface area contributed by atoms with Crippen LogP contribution in [0.1, 0.15) is 5.82 Å². The molecule has 0 amide bonds. The van der Waals surface area contributed by atoms with E-state index in [1.54, 1.807) is 18.3 Å². The van der Waals surface area contributed by atoms with Gasteiger partial charge in [0.1, 0.15) is 5.82 Å². The van der Waals surface area contributed by atoms with Gasteiger partial charge in [0, 0.05) is 11.1 Å². The van der Waals surface area contributed by atoms with E-state index in [4.69, 9.17) is 16.7 Å². The van der Waals surface area contributed by atoms with Crippen molar-refractivity contribution in [3.63, 3.8) is 0 Å². The van der Waals surface area contributed by atoms with Gasteiger partial charge >= 0.3 is 5.97 Å². The van der Waals surface area contributed by atoms with Gasteiger partial charge in [-0.25, -0.2) is 9.78 Å². The van der Waals surface area contributed by atoms with Crippen LogP contribution in [-0.2, 0) is 4.79 Å². The van der Waals surface area contributed by atoms with Crippen molar-refractivity contribution in [1.29, 1.82) is 0 Å². The van der Waals surface area contributed by atoms with Crippen LogP contribution in [0.25, 0.3) is 17.3 Å². The molecule has 0 saturated heterocycles. The van der Waals surface area contributed by atoms with Gasteiger partial charge < -0.3 is 10.1 Å². The zero-order valence-electron chi connectivity index (χ0n) is 8.72. The van der Waals surface area contributed by atoms with Crippen LogP contribution in [0.15, 0.2) is 36.5 Å². The largest absolute Gasteiger partial charge is 0.478 e. The molecule has 0 unspecified atom stereocenters. The van der Waals surface area contributed by atoms with E-state index in [-0.39, 0.29) is 0 Å². The minimum absolute atomic E-state index is 0.498. The molecule has 2 rings (SSSR count). The first-order valence-corrected chi connectivity index (χ1v) is 5.25. The summed E-state index contributed by atoms with van der Waals surface area (Å²) in [5.41, 5.74) is 1.75. The van der Waals surface area contributed by atoms with E-state index in [9.17, 15) is 4.79 Å². The fourth-order valence-corrected chi connectivity index (χ4v) is 1.47. The van der Waals surface area contributed by atoms with Crippen molar-refractivity contribution < 1.29 is 9.90 Å². The summed E-state index contributed by atoms with van der Waals surface area (Å²) in [6.45, 7) is 0. The molecule has 17 heavy (non-hydrogen) atoms. The van der Waals surface area contributed by atoms with Crippen molar-refractivity contribution in [2.75, 3.05) is 0 Å². The number of H-pyrrole nitrogens is 1. The highest BCUT2D eigenvalue weighted by Crippen LogP contribution is 2.19. The summed E-state index contributed by atoms with van der Waals surface area (Å²) in [6, 6.07) is 7.29. The Morgan fingerprint density at radius 1 is 1.35 bits per heavy atom. The maximum absolute atomic E-state index is 10.3. The second-order valence-corrected chi connectivity index (χ2v) is 3.80. The molecule has 0 bridgehead atoms. The van der Waals surface area contributed by atoms with Gasteiger partial charge in [0.05, 0.1) is 11.9 Å². The number of carboxylic acids is 1.